The van der Waals surface area contributed by atoms with Crippen molar-refractivity contribution in [1.82, 2.24) is 40.6 Å². The van der Waals surface area contributed by atoms with Gasteiger partial charge in [0.1, 0.15) is 18.7 Å². The van der Waals surface area contributed by atoms with Crippen molar-refractivity contribution < 1.29 is 99.9 Å². The van der Waals surface area contributed by atoms with Crippen LogP contribution in [0.5, 0.6) is 11.5 Å². The van der Waals surface area contributed by atoms with Crippen molar-refractivity contribution in [3.63, 3.8) is 0 Å². The number of thiocarbonyl (C=S) groups is 1. The van der Waals surface area contributed by atoms with Crippen LogP contribution in [0.4, 0.5) is 26.7 Å². The van der Waals surface area contributed by atoms with Gasteiger partial charge in [-0.2, -0.15) is 11.8 Å². The molecule has 3 saturated carbocycles. The summed E-state index contributed by atoms with van der Waals surface area (Å²) in [4.78, 5) is 153. The molecule has 113 heavy (non-hydrogen) atoms. The molecule has 5 atom stereocenters. The zero-order valence-corrected chi connectivity index (χ0v) is 68.4. The van der Waals surface area contributed by atoms with E-state index < -0.39 is 60.6 Å². The van der Waals surface area contributed by atoms with Gasteiger partial charge in [-0.05, 0) is 110 Å². The molecular weight excluding hydrogens is 1570 g/mol. The summed E-state index contributed by atoms with van der Waals surface area (Å²) in [5.74, 6) is -2.46. The maximum absolute atomic E-state index is 15.0. The van der Waals surface area contributed by atoms with Gasteiger partial charge in [-0.1, -0.05) is 26.0 Å². The molecule has 5 heterocycles. The number of ether oxygens (including phenoxy) is 8. The molecule has 2 unspecified atom stereocenters. The molecule has 10 amide bonds. The van der Waals surface area contributed by atoms with Crippen LogP contribution >= 0.6 is 55.0 Å². The summed E-state index contributed by atoms with van der Waals surface area (Å²) in [5, 5.41) is 12.1. The number of nitrogens with one attached hydrogen (secondary N) is 6. The number of alkyl halides is 2. The number of urea groups is 1. The monoisotopic (exact) mass is 1670 g/mol. The largest absolute Gasteiger partial charge is 0.524 e. The van der Waals surface area contributed by atoms with Gasteiger partial charge >= 0.3 is 19.9 Å². The number of phosphoric acid groups is 1. The number of primary amides is 1. The number of aryl methyl sites for hydroxylation is 2. The summed E-state index contributed by atoms with van der Waals surface area (Å²) < 4.78 is 62.5. The van der Waals surface area contributed by atoms with Gasteiger partial charge in [-0.3, -0.25) is 48.2 Å². The minimum absolute atomic E-state index is 0.0517. The first-order chi connectivity index (χ1) is 54.0. The fraction of sp³-hybridized carbons (Fsp3) is 0.573. The van der Waals surface area contributed by atoms with Crippen LogP contribution in [0, 0.1) is 30.6 Å². The van der Waals surface area contributed by atoms with E-state index in [9.17, 15) is 52.7 Å². The molecular formula is C75H101Cl2N12O21PS2. The first kappa shape index (κ1) is 87.5. The maximum atomic E-state index is 15.0. The zero-order valence-electron chi connectivity index (χ0n) is 64.4. The number of aromatic amines is 2. The second-order valence-corrected chi connectivity index (χ2v) is 32.4. The van der Waals surface area contributed by atoms with Gasteiger partial charge in [-0.15, -0.1) is 23.2 Å². The first-order valence-corrected chi connectivity index (χ1v) is 41.8. The molecule has 0 radical (unpaired) electrons. The number of benzene rings is 3. The highest BCUT2D eigenvalue weighted by molar-refractivity contribution is 8.00. The van der Waals surface area contributed by atoms with E-state index >= 15 is 4.79 Å². The molecule has 0 spiro atoms. The lowest BCUT2D eigenvalue weighted by atomic mass is 9.34. The van der Waals surface area contributed by atoms with Gasteiger partial charge < -0.3 is 99.0 Å². The van der Waals surface area contributed by atoms with Crippen molar-refractivity contribution in [2.45, 2.75) is 108 Å². The minimum atomic E-state index is -4.99. The van der Waals surface area contributed by atoms with Crippen LogP contribution in [0.15, 0.2) is 48.8 Å². The highest BCUT2D eigenvalue weighted by Gasteiger charge is 2.76. The zero-order chi connectivity index (χ0) is 81.5. The van der Waals surface area contributed by atoms with E-state index in [1.54, 1.807) is 79.2 Å². The quantitative estimate of drug-likeness (QED) is 0.00636. The Balaban J connectivity index is 0.623. The van der Waals surface area contributed by atoms with Crippen LogP contribution in [0.3, 0.4) is 0 Å². The number of likely N-dealkylation sites (tertiary alicyclic amines) is 1. The summed E-state index contributed by atoms with van der Waals surface area (Å²) in [5.41, 5.74) is 10.1. The number of phosphoric ester groups is 1. The number of halogens is 2. The summed E-state index contributed by atoms with van der Waals surface area (Å²) in [7, 11) is -1.69. The fourth-order valence-corrected chi connectivity index (χ4v) is 16.7. The summed E-state index contributed by atoms with van der Waals surface area (Å²) in [6.07, 6.45) is 6.20. The molecule has 11 rings (SSSR count). The average molecular weight is 1670 g/mol. The van der Waals surface area contributed by atoms with E-state index in [0.717, 1.165) is 27.6 Å². The molecule has 3 aliphatic carbocycles. The fourth-order valence-electron chi connectivity index (χ4n) is 15.0. The number of nitrogens with zero attached hydrogens (tertiary/aromatic N) is 5. The van der Waals surface area contributed by atoms with Gasteiger partial charge in [0.05, 0.1) is 124 Å². The van der Waals surface area contributed by atoms with E-state index in [1.165, 1.54) is 27.6 Å². The Labute approximate surface area is 674 Å². The van der Waals surface area contributed by atoms with Crippen molar-refractivity contribution >= 4 is 153 Å². The number of carbonyl (C=O) groups is 9. The molecule has 2 aromatic heterocycles. The molecule has 1 saturated heterocycles. The SMILES string of the molecule is CSC1CC(=O)N(CCOCCOCCOCCOCCOCCOCCC(=O)N[C@H](C(=O)NC(CCCNC(N)=O)C(=O)Nc2ccc(COC(=O)N(C)CCN(C)C(=S)Oc3cc4c(c5c(C)c[nH]c35)[C@H](CCl)CN4C(=O)C34CC(C(=O)N5C[C@@H](CCl)c6c5cc(OP(=O)(O)O)c5[nH]cc(C)c65)(C3)C4)cc2)C(C)C)C1=O. The number of aromatic nitrogens is 2. The van der Waals surface area contributed by atoms with E-state index in [-0.39, 0.29) is 161 Å². The first-order valence-electron chi connectivity index (χ1n) is 37.5. The number of amides is 10. The standard InChI is InChI=1S/C75H101Cl2N12O21PS2/c1-44(2)63(84-57(90)14-19-102-21-23-104-25-27-106-29-30-107-28-26-105-24-22-103-20-18-87-58(91)33-56(113-7)68(87)94)67(93)83-51(9-8-15-79-71(78)97)66(92)82-50-12-10-47(11-13-50)40-108-72(98)85(5)16-17-86(6)73(112)109-54-31-52-61(59-45(3)36-80-64(54)59)48(34-76)38-88(52)69(95)74-41-75(42-74,43-74)70(96)89-39-49(35-77)62-53(89)32-55(110-111(99,100)101)65-60(62)46(4)37-81-65/h10-13,31-32,36-37,44,48-49,51,56,63,80-81H,8-9,14-30,33-35,38-43H2,1-7H3,(H,82,92)(H,83,93)(H,84,90)(H3,78,79,97)(H2,99,100,101)/t48-,49-,51?,56?,63+,74?,75?/m1/s1. The van der Waals surface area contributed by atoms with Gasteiger partial charge in [-0.25, -0.2) is 14.2 Å². The molecule has 618 valence electrons. The van der Waals surface area contributed by atoms with Gasteiger partial charge in [0.2, 0.25) is 41.4 Å². The molecule has 2 bridgehead atoms. The molecule has 3 aliphatic heterocycles. The predicted molar refractivity (Wildman–Crippen MR) is 427 cm³/mol. The molecule has 4 fully saturated rings. The van der Waals surface area contributed by atoms with Crippen molar-refractivity contribution in [3.8, 4) is 11.5 Å². The Morgan fingerprint density at radius 1 is 0.726 bits per heavy atom. The normalized spacial score (nSPS) is 19.4. The second-order valence-electron chi connectivity index (χ2n) is 29.2. The number of carbonyl (C=O) groups excluding carboxylic acids is 9. The Morgan fingerprint density at radius 3 is 1.73 bits per heavy atom. The number of imide groups is 1. The summed E-state index contributed by atoms with van der Waals surface area (Å²) >= 11 is 20.5. The maximum Gasteiger partial charge on any atom is 0.524 e. The molecule has 33 nitrogen and oxygen atoms in total. The lowest BCUT2D eigenvalue weighted by Crippen LogP contribution is -2.73. The van der Waals surface area contributed by atoms with E-state index in [1.807, 2.05) is 26.3 Å². The highest BCUT2D eigenvalue weighted by atomic mass is 35.5. The highest BCUT2D eigenvalue weighted by Crippen LogP contribution is 2.75. The number of hydrogen-bond acceptors (Lipinski definition) is 21. The van der Waals surface area contributed by atoms with E-state index in [4.69, 9.17) is 83.6 Å². The number of likely N-dealkylation sites (N-methyl/N-ethyl adjacent to an activating group) is 2. The Bertz CT molecular complexity index is 4320. The Morgan fingerprint density at radius 2 is 1.23 bits per heavy atom. The lowest BCUT2D eigenvalue weighted by Gasteiger charge is -2.69. The molecule has 10 N–H and O–H groups in total. The third-order valence-corrected chi connectivity index (χ3v) is 23.3. The predicted octanol–water partition coefficient (Wildman–Crippen LogP) is 6.80. The van der Waals surface area contributed by atoms with Gasteiger partial charge in [0.15, 0.2) is 11.5 Å². The van der Waals surface area contributed by atoms with Crippen molar-refractivity contribution in [2.24, 2.45) is 22.5 Å². The molecule has 5 aromatic rings. The van der Waals surface area contributed by atoms with Crippen molar-refractivity contribution in [3.05, 3.63) is 76.6 Å². The van der Waals surface area contributed by atoms with Crippen LogP contribution in [-0.4, -0.2) is 261 Å². The topological polar surface area (TPSA) is 416 Å². The number of H-pyrrole nitrogens is 2. The molecule has 38 heteroatoms. The number of thioether (sulfide) groups is 1. The smallest absolute Gasteiger partial charge is 0.445 e. The number of anilines is 3. The number of nitrogens with two attached hydrogens (primary N) is 1. The van der Waals surface area contributed by atoms with Crippen LogP contribution in [0.25, 0.3) is 21.8 Å². The average Bonchev–Trinajstić information content (AvgIpc) is 1.57. The van der Waals surface area contributed by atoms with Gasteiger partial charge in [0, 0.05) is 124 Å². The third kappa shape index (κ3) is 21.4. The van der Waals surface area contributed by atoms with Crippen LogP contribution in [0.2, 0.25) is 0 Å². The van der Waals surface area contributed by atoms with Crippen molar-refractivity contribution in [1.29, 1.82) is 0 Å². The van der Waals surface area contributed by atoms with E-state index in [0.29, 0.717) is 123 Å². The number of fused-ring (bicyclic) bond motifs is 6. The molecule has 6 aliphatic rings. The summed E-state index contributed by atoms with van der Waals surface area (Å²) in [6, 6.07) is 6.96. The third-order valence-electron chi connectivity index (χ3n) is 20.8. The Kier molecular flexibility index (Phi) is 30.7. The van der Waals surface area contributed by atoms with Crippen LogP contribution < -0.4 is 46.1 Å². The summed E-state index contributed by atoms with van der Waals surface area (Å²) in [6.45, 7) is 12.0. The van der Waals surface area contributed by atoms with Gasteiger partial charge in [0.25, 0.3) is 5.17 Å². The number of rotatable bonds is 44. The lowest BCUT2D eigenvalue weighted by molar-refractivity contribution is -0.205. The van der Waals surface area contributed by atoms with Crippen LogP contribution in [-0.2, 0) is 77.9 Å². The molecule has 3 aromatic carbocycles. The van der Waals surface area contributed by atoms with E-state index in [2.05, 4.69) is 31.2 Å². The van der Waals surface area contributed by atoms with Crippen LogP contribution in [0.1, 0.15) is 98.4 Å². The number of hydrogen-bond donors (Lipinski definition) is 9. The Hall–Kier alpha value is -7.90. The second kappa shape index (κ2) is 39.6. The minimum Gasteiger partial charge on any atom is -0.445 e. The van der Waals surface area contributed by atoms with Crippen molar-refractivity contribution in [2.75, 3.05) is 166 Å².